The average Bonchev–Trinajstić information content (AvgIpc) is 3.89. The molecule has 0 unspecified atom stereocenters. The Morgan fingerprint density at radius 1 is 0.523 bits per heavy atom. The third-order valence-electron chi connectivity index (χ3n) is 14.7. The number of para-hydroxylation sites is 2. The summed E-state index contributed by atoms with van der Waals surface area (Å²) in [5, 5.41) is 5.74. The molecule has 5 nitrogen and oxygen atoms in total. The van der Waals surface area contributed by atoms with Gasteiger partial charge in [0.25, 0.3) is 0 Å². The Balaban J connectivity index is 1.10. The van der Waals surface area contributed by atoms with E-state index in [-0.39, 0.29) is 16.2 Å². The molecule has 0 aliphatic carbocycles. The highest BCUT2D eigenvalue weighted by Gasteiger charge is 2.48. The van der Waals surface area contributed by atoms with Crippen molar-refractivity contribution in [3.63, 3.8) is 0 Å². The van der Waals surface area contributed by atoms with E-state index < -0.39 is 0 Å². The number of hydrogen-bond donors (Lipinski definition) is 0. The van der Waals surface area contributed by atoms with Crippen molar-refractivity contribution < 1.29 is 4.74 Å². The van der Waals surface area contributed by atoms with Crippen molar-refractivity contribution in [2.75, 3.05) is 0 Å². The standard InChI is InChI=1S/C60H50N4O/c1-58(2,3)39-32-33-61-52(34-39)63-50-27-15-14-22-45(50)46-31-29-41(36-51(46)63)65-40-28-30-44-47-25-17-26-49-55(47)64-56(60(6,7)59(49,4)5)54(62-57(64)48(44)35-40)53-42(37-18-10-8-11-19-37)23-16-24-43(53)38-20-12-9-13-21-38/h8-36H,1-7H3. The molecular formula is C60H50N4O. The molecule has 0 spiro atoms. The van der Waals surface area contributed by atoms with E-state index in [1.54, 1.807) is 0 Å². The fourth-order valence-electron chi connectivity index (χ4n) is 10.6. The Hall–Kier alpha value is -7.50. The first-order chi connectivity index (χ1) is 31.4. The molecule has 0 fully saturated rings. The summed E-state index contributed by atoms with van der Waals surface area (Å²) < 4.78 is 11.7. The van der Waals surface area contributed by atoms with Crippen LogP contribution >= 0.6 is 0 Å². The molecule has 0 N–H and O–H groups in total. The second-order valence-electron chi connectivity index (χ2n) is 19.9. The summed E-state index contributed by atoms with van der Waals surface area (Å²) in [7, 11) is 0. The van der Waals surface area contributed by atoms with Gasteiger partial charge >= 0.3 is 0 Å². The van der Waals surface area contributed by atoms with Crippen molar-refractivity contribution in [2.45, 2.75) is 64.7 Å². The van der Waals surface area contributed by atoms with Gasteiger partial charge in [-0.3, -0.25) is 8.97 Å². The lowest BCUT2D eigenvalue weighted by molar-refractivity contribution is 0.289. The van der Waals surface area contributed by atoms with Crippen LogP contribution in [0.25, 0.3) is 88.5 Å². The van der Waals surface area contributed by atoms with Gasteiger partial charge in [0.05, 0.1) is 27.9 Å². The molecule has 0 saturated heterocycles. The monoisotopic (exact) mass is 842 g/mol. The van der Waals surface area contributed by atoms with Gasteiger partial charge in [-0.05, 0) is 92.7 Å². The van der Waals surface area contributed by atoms with E-state index in [4.69, 9.17) is 14.7 Å². The number of fused-ring (bicyclic) bond motifs is 6. The second-order valence-corrected chi connectivity index (χ2v) is 19.9. The van der Waals surface area contributed by atoms with Crippen molar-refractivity contribution in [3.8, 4) is 50.8 Å². The molecule has 0 atom stereocenters. The number of imidazole rings is 1. The Labute approximate surface area is 379 Å². The zero-order valence-corrected chi connectivity index (χ0v) is 37.9. The van der Waals surface area contributed by atoms with Crippen molar-refractivity contribution >= 4 is 49.1 Å². The summed E-state index contributed by atoms with van der Waals surface area (Å²) in [6.45, 7) is 16.4. The lowest BCUT2D eigenvalue weighted by atomic mass is 9.60. The molecule has 7 aromatic carbocycles. The molecule has 5 heteroatoms. The van der Waals surface area contributed by atoms with E-state index in [0.29, 0.717) is 0 Å². The maximum atomic E-state index is 6.94. The van der Waals surface area contributed by atoms with Crippen LogP contribution in [0.2, 0.25) is 0 Å². The van der Waals surface area contributed by atoms with Crippen LogP contribution in [-0.2, 0) is 16.2 Å². The molecule has 11 aromatic rings. The fourth-order valence-corrected chi connectivity index (χ4v) is 10.6. The van der Waals surface area contributed by atoms with E-state index in [0.717, 1.165) is 83.7 Å². The molecule has 1 aliphatic heterocycles. The third kappa shape index (κ3) is 5.77. The van der Waals surface area contributed by atoms with Crippen LogP contribution in [0.15, 0.2) is 176 Å². The van der Waals surface area contributed by atoms with Crippen LogP contribution in [0, 0.1) is 0 Å². The van der Waals surface area contributed by atoms with E-state index >= 15 is 0 Å². The summed E-state index contributed by atoms with van der Waals surface area (Å²) in [5.74, 6) is 2.40. The first-order valence-electron chi connectivity index (χ1n) is 22.7. The summed E-state index contributed by atoms with van der Waals surface area (Å²) in [5.41, 5.74) is 14.3. The number of nitrogens with zero attached hydrogens (tertiary/aromatic N) is 4. The van der Waals surface area contributed by atoms with Crippen LogP contribution in [0.1, 0.15) is 65.3 Å². The SMILES string of the molecule is CC(C)(C)c1ccnc(-n2c3ccccc3c3ccc(Oc4ccc5c(c4)c4nc(-c6c(-c7ccccc7)cccc6-c6ccccc6)c6n4c4c(cccc54)C(C)(C)C6(C)C)cc32)c1. The molecule has 1 aliphatic rings. The summed E-state index contributed by atoms with van der Waals surface area (Å²) in [4.78, 5) is 10.8. The Kier molecular flexibility index (Phi) is 8.42. The molecular weight excluding hydrogens is 793 g/mol. The topological polar surface area (TPSA) is 44.3 Å². The highest BCUT2D eigenvalue weighted by Crippen LogP contribution is 2.55. The van der Waals surface area contributed by atoms with Gasteiger partial charge in [-0.25, -0.2) is 9.97 Å². The van der Waals surface area contributed by atoms with Crippen LogP contribution in [0.3, 0.4) is 0 Å². The minimum Gasteiger partial charge on any atom is -0.457 e. The van der Waals surface area contributed by atoms with E-state index in [1.165, 1.54) is 33.1 Å². The molecule has 0 saturated carbocycles. The molecule has 4 aromatic heterocycles. The number of rotatable bonds is 6. The minimum absolute atomic E-state index is 0.0183. The van der Waals surface area contributed by atoms with Crippen LogP contribution < -0.4 is 4.74 Å². The van der Waals surface area contributed by atoms with Crippen molar-refractivity contribution in [2.24, 2.45) is 0 Å². The maximum Gasteiger partial charge on any atom is 0.146 e. The number of ether oxygens (including phenoxy) is 1. The number of aromatic nitrogens is 4. The van der Waals surface area contributed by atoms with Crippen LogP contribution in [0.4, 0.5) is 0 Å². The molecule has 5 heterocycles. The normalized spacial score (nSPS) is 14.3. The van der Waals surface area contributed by atoms with Gasteiger partial charge in [0.1, 0.15) is 23.0 Å². The quantitative estimate of drug-likeness (QED) is 0.157. The fraction of sp³-hybridized carbons (Fsp3) is 0.167. The Morgan fingerprint density at radius 3 is 1.85 bits per heavy atom. The lowest BCUT2D eigenvalue weighted by Gasteiger charge is -2.46. The van der Waals surface area contributed by atoms with Gasteiger partial charge < -0.3 is 4.74 Å². The predicted octanol–water partition coefficient (Wildman–Crippen LogP) is 15.8. The van der Waals surface area contributed by atoms with Crippen LogP contribution in [-0.4, -0.2) is 18.9 Å². The third-order valence-corrected chi connectivity index (χ3v) is 14.7. The molecule has 316 valence electrons. The molecule has 12 rings (SSSR count). The Bertz CT molecular complexity index is 3660. The van der Waals surface area contributed by atoms with Gasteiger partial charge in [0.2, 0.25) is 0 Å². The van der Waals surface area contributed by atoms with Gasteiger partial charge in [0, 0.05) is 50.2 Å². The Morgan fingerprint density at radius 2 is 1.14 bits per heavy atom. The van der Waals surface area contributed by atoms with Gasteiger partial charge in [0.15, 0.2) is 0 Å². The molecule has 0 amide bonds. The number of pyridine rings is 2. The van der Waals surface area contributed by atoms with E-state index in [2.05, 4.69) is 227 Å². The van der Waals surface area contributed by atoms with E-state index in [9.17, 15) is 0 Å². The van der Waals surface area contributed by atoms with Crippen LogP contribution in [0.5, 0.6) is 11.5 Å². The van der Waals surface area contributed by atoms with E-state index in [1.807, 2.05) is 6.20 Å². The average molecular weight is 843 g/mol. The molecule has 0 bridgehead atoms. The predicted molar refractivity (Wildman–Crippen MR) is 270 cm³/mol. The zero-order valence-electron chi connectivity index (χ0n) is 37.9. The molecule has 65 heavy (non-hydrogen) atoms. The summed E-state index contributed by atoms with van der Waals surface area (Å²) in [6.07, 6.45) is 1.93. The van der Waals surface area contributed by atoms with Crippen molar-refractivity contribution in [1.29, 1.82) is 0 Å². The minimum atomic E-state index is -0.322. The smallest absolute Gasteiger partial charge is 0.146 e. The van der Waals surface area contributed by atoms with Gasteiger partial charge in [-0.1, -0.05) is 164 Å². The largest absolute Gasteiger partial charge is 0.457 e. The lowest BCUT2D eigenvalue weighted by Crippen LogP contribution is -2.44. The van der Waals surface area contributed by atoms with Crippen molar-refractivity contribution in [1.82, 2.24) is 18.9 Å². The number of benzene rings is 7. The summed E-state index contributed by atoms with van der Waals surface area (Å²) in [6, 6.07) is 61.0. The van der Waals surface area contributed by atoms with Gasteiger partial charge in [-0.2, -0.15) is 0 Å². The maximum absolute atomic E-state index is 6.94. The molecule has 0 radical (unpaired) electrons. The highest BCUT2D eigenvalue weighted by atomic mass is 16.5. The first kappa shape index (κ1) is 39.1. The van der Waals surface area contributed by atoms with Gasteiger partial charge in [-0.15, -0.1) is 0 Å². The summed E-state index contributed by atoms with van der Waals surface area (Å²) >= 11 is 0. The number of hydrogen-bond acceptors (Lipinski definition) is 3. The zero-order chi connectivity index (χ0) is 44.4. The van der Waals surface area contributed by atoms with Crippen molar-refractivity contribution in [3.05, 3.63) is 193 Å². The first-order valence-corrected chi connectivity index (χ1v) is 22.7. The second kappa shape index (κ2) is 14.0. The highest BCUT2D eigenvalue weighted by molar-refractivity contribution is 6.15.